The van der Waals surface area contributed by atoms with E-state index in [2.05, 4.69) is 22.3 Å². The van der Waals surface area contributed by atoms with Crippen LogP contribution in [-0.2, 0) is 6.42 Å². The third kappa shape index (κ3) is 3.52. The maximum absolute atomic E-state index is 9.06. The third-order valence-electron chi connectivity index (χ3n) is 2.60. The van der Waals surface area contributed by atoms with E-state index in [1.54, 1.807) is 0 Å². The number of rotatable bonds is 8. The molecule has 5 N–H and O–H groups in total. The summed E-state index contributed by atoms with van der Waals surface area (Å²) >= 11 is 0. The molecular formula is C11H21N5O2. The number of hydrogen-bond donors (Lipinski definition) is 4. The van der Waals surface area contributed by atoms with Crippen molar-refractivity contribution in [3.05, 3.63) is 11.9 Å². The molecule has 0 spiro atoms. The Kier molecular flexibility index (Phi) is 6.34. The molecule has 1 rings (SSSR count). The van der Waals surface area contributed by atoms with Crippen molar-refractivity contribution < 1.29 is 10.2 Å². The lowest BCUT2D eigenvalue weighted by atomic mass is 10.1. The van der Waals surface area contributed by atoms with Crippen LogP contribution in [0.2, 0.25) is 0 Å². The van der Waals surface area contributed by atoms with Crippen molar-refractivity contribution in [2.24, 2.45) is 5.84 Å². The molecule has 0 unspecified atom stereocenters. The molecule has 0 atom stereocenters. The van der Waals surface area contributed by atoms with E-state index < -0.39 is 0 Å². The standard InChI is InChI=1S/C11H21N5O2/c1-2-3-9-10(15-12)13-8-14-11(9)16(4-6-17)5-7-18/h8,17-18H,2-7,12H2,1H3,(H,13,14,15). The van der Waals surface area contributed by atoms with Gasteiger partial charge in [0, 0.05) is 18.7 Å². The van der Waals surface area contributed by atoms with Gasteiger partial charge in [-0.15, -0.1) is 0 Å². The molecule has 18 heavy (non-hydrogen) atoms. The second-order valence-electron chi connectivity index (χ2n) is 3.85. The SMILES string of the molecule is CCCc1c(NN)ncnc1N(CCO)CCO. The van der Waals surface area contributed by atoms with Crippen molar-refractivity contribution in [2.75, 3.05) is 36.6 Å². The summed E-state index contributed by atoms with van der Waals surface area (Å²) < 4.78 is 0. The second-order valence-corrected chi connectivity index (χ2v) is 3.85. The molecule has 102 valence electrons. The van der Waals surface area contributed by atoms with Crippen LogP contribution in [0.3, 0.4) is 0 Å². The number of hydrazine groups is 1. The molecule has 0 aliphatic rings. The summed E-state index contributed by atoms with van der Waals surface area (Å²) in [5.74, 6) is 6.74. The first-order chi connectivity index (χ1) is 8.78. The summed E-state index contributed by atoms with van der Waals surface area (Å²) in [5.41, 5.74) is 3.46. The van der Waals surface area contributed by atoms with E-state index in [4.69, 9.17) is 16.1 Å². The topological polar surface area (TPSA) is 108 Å². The Morgan fingerprint density at radius 3 is 2.44 bits per heavy atom. The lowest BCUT2D eigenvalue weighted by Gasteiger charge is -2.25. The highest BCUT2D eigenvalue weighted by atomic mass is 16.3. The zero-order chi connectivity index (χ0) is 13.4. The Labute approximate surface area is 107 Å². The van der Waals surface area contributed by atoms with E-state index in [9.17, 15) is 0 Å². The molecule has 1 aromatic heterocycles. The highest BCUT2D eigenvalue weighted by Crippen LogP contribution is 2.24. The monoisotopic (exact) mass is 255 g/mol. The molecule has 0 fully saturated rings. The first-order valence-corrected chi connectivity index (χ1v) is 6.05. The molecule has 0 saturated heterocycles. The van der Waals surface area contributed by atoms with E-state index in [0.29, 0.717) is 24.7 Å². The molecule has 1 heterocycles. The van der Waals surface area contributed by atoms with Crippen molar-refractivity contribution in [1.82, 2.24) is 9.97 Å². The molecule has 0 amide bonds. The third-order valence-corrected chi connectivity index (χ3v) is 2.60. The maximum atomic E-state index is 9.06. The predicted octanol–water partition coefficient (Wildman–Crippen LogP) is -0.494. The summed E-state index contributed by atoms with van der Waals surface area (Å²) in [6.07, 6.45) is 3.13. The van der Waals surface area contributed by atoms with Crippen molar-refractivity contribution in [3.63, 3.8) is 0 Å². The van der Waals surface area contributed by atoms with E-state index >= 15 is 0 Å². The average molecular weight is 255 g/mol. The Balaban J connectivity index is 3.09. The number of nitrogens with two attached hydrogens (primary N) is 1. The summed E-state index contributed by atoms with van der Waals surface area (Å²) in [6, 6.07) is 0. The highest BCUT2D eigenvalue weighted by Gasteiger charge is 2.15. The first-order valence-electron chi connectivity index (χ1n) is 6.05. The van der Waals surface area contributed by atoms with Gasteiger partial charge in [-0.3, -0.25) is 0 Å². The molecule has 0 radical (unpaired) electrons. The Bertz CT molecular complexity index is 355. The highest BCUT2D eigenvalue weighted by molar-refractivity contribution is 5.58. The lowest BCUT2D eigenvalue weighted by Crippen LogP contribution is -2.32. The second kappa shape index (κ2) is 7.80. The summed E-state index contributed by atoms with van der Waals surface area (Å²) in [5, 5.41) is 18.1. The minimum Gasteiger partial charge on any atom is -0.395 e. The van der Waals surface area contributed by atoms with Crippen LogP contribution in [-0.4, -0.2) is 46.5 Å². The number of aromatic nitrogens is 2. The number of nitrogen functional groups attached to an aromatic ring is 1. The summed E-state index contributed by atoms with van der Waals surface area (Å²) in [7, 11) is 0. The van der Waals surface area contributed by atoms with Gasteiger partial charge < -0.3 is 20.5 Å². The van der Waals surface area contributed by atoms with Crippen LogP contribution in [0.1, 0.15) is 18.9 Å². The van der Waals surface area contributed by atoms with E-state index in [0.717, 1.165) is 18.4 Å². The van der Waals surface area contributed by atoms with Gasteiger partial charge in [0.2, 0.25) is 0 Å². The molecule has 0 aliphatic heterocycles. The quantitative estimate of drug-likeness (QED) is 0.366. The minimum absolute atomic E-state index is 0.000947. The van der Waals surface area contributed by atoms with Crippen LogP contribution in [0.4, 0.5) is 11.6 Å². The number of aliphatic hydroxyl groups excluding tert-OH is 2. The van der Waals surface area contributed by atoms with Gasteiger partial charge in [-0.25, -0.2) is 15.8 Å². The Morgan fingerprint density at radius 1 is 1.28 bits per heavy atom. The number of anilines is 2. The molecule has 7 nitrogen and oxygen atoms in total. The fourth-order valence-corrected chi connectivity index (χ4v) is 1.85. The average Bonchev–Trinajstić information content (AvgIpc) is 2.39. The minimum atomic E-state index is 0.000947. The summed E-state index contributed by atoms with van der Waals surface area (Å²) in [6.45, 7) is 2.89. The van der Waals surface area contributed by atoms with Crippen LogP contribution in [0.5, 0.6) is 0 Å². The number of nitrogens with one attached hydrogen (secondary N) is 1. The number of aliphatic hydroxyl groups is 2. The molecular weight excluding hydrogens is 234 g/mol. The van der Waals surface area contributed by atoms with Gasteiger partial charge in [0.15, 0.2) is 0 Å². The van der Waals surface area contributed by atoms with Crippen LogP contribution < -0.4 is 16.2 Å². The van der Waals surface area contributed by atoms with Gasteiger partial charge in [-0.2, -0.15) is 0 Å². The molecule has 1 aromatic rings. The van der Waals surface area contributed by atoms with Crippen molar-refractivity contribution >= 4 is 11.6 Å². The van der Waals surface area contributed by atoms with Crippen molar-refractivity contribution in [3.8, 4) is 0 Å². The first kappa shape index (κ1) is 14.6. The van der Waals surface area contributed by atoms with Crippen molar-refractivity contribution in [2.45, 2.75) is 19.8 Å². The molecule has 0 aliphatic carbocycles. The van der Waals surface area contributed by atoms with E-state index in [1.807, 2.05) is 4.90 Å². The Hall–Kier alpha value is -1.44. The van der Waals surface area contributed by atoms with Crippen LogP contribution >= 0.6 is 0 Å². The van der Waals surface area contributed by atoms with Crippen LogP contribution in [0, 0.1) is 0 Å². The fraction of sp³-hybridized carbons (Fsp3) is 0.636. The molecule has 7 heteroatoms. The van der Waals surface area contributed by atoms with Crippen molar-refractivity contribution in [1.29, 1.82) is 0 Å². The molecule has 0 bridgehead atoms. The van der Waals surface area contributed by atoms with Gasteiger partial charge in [-0.1, -0.05) is 13.3 Å². The van der Waals surface area contributed by atoms with Gasteiger partial charge in [0.25, 0.3) is 0 Å². The Morgan fingerprint density at radius 2 is 1.94 bits per heavy atom. The molecule has 0 aromatic carbocycles. The van der Waals surface area contributed by atoms with E-state index in [1.165, 1.54) is 6.33 Å². The largest absolute Gasteiger partial charge is 0.395 e. The van der Waals surface area contributed by atoms with E-state index in [-0.39, 0.29) is 13.2 Å². The maximum Gasteiger partial charge on any atom is 0.148 e. The zero-order valence-electron chi connectivity index (χ0n) is 10.6. The fourth-order valence-electron chi connectivity index (χ4n) is 1.85. The lowest BCUT2D eigenvalue weighted by molar-refractivity contribution is 0.280. The van der Waals surface area contributed by atoms with Gasteiger partial charge in [0.05, 0.1) is 13.2 Å². The smallest absolute Gasteiger partial charge is 0.148 e. The molecule has 0 saturated carbocycles. The van der Waals surface area contributed by atoms with Gasteiger partial charge in [0.1, 0.15) is 18.0 Å². The predicted molar refractivity (Wildman–Crippen MR) is 70.2 cm³/mol. The summed E-state index contributed by atoms with van der Waals surface area (Å²) in [4.78, 5) is 10.1. The number of hydrogen-bond acceptors (Lipinski definition) is 7. The van der Waals surface area contributed by atoms with Crippen LogP contribution in [0.15, 0.2) is 6.33 Å². The zero-order valence-corrected chi connectivity index (χ0v) is 10.6. The number of nitrogens with zero attached hydrogens (tertiary/aromatic N) is 3. The van der Waals surface area contributed by atoms with Gasteiger partial charge in [-0.05, 0) is 6.42 Å². The van der Waals surface area contributed by atoms with Gasteiger partial charge >= 0.3 is 0 Å². The van der Waals surface area contributed by atoms with Crippen LogP contribution in [0.25, 0.3) is 0 Å². The normalized spacial score (nSPS) is 10.4.